The van der Waals surface area contributed by atoms with Gasteiger partial charge in [-0.15, -0.1) is 0 Å². The Kier molecular flexibility index (Phi) is 5.10. The summed E-state index contributed by atoms with van der Waals surface area (Å²) in [6, 6.07) is 17.2. The van der Waals surface area contributed by atoms with Gasteiger partial charge in [-0.1, -0.05) is 54.5 Å². The van der Waals surface area contributed by atoms with Crippen LogP contribution in [0.2, 0.25) is 0 Å². The van der Waals surface area contributed by atoms with E-state index in [-0.39, 0.29) is 0 Å². The fourth-order valence-electron chi connectivity index (χ4n) is 1.85. The summed E-state index contributed by atoms with van der Waals surface area (Å²) in [4.78, 5) is 16.6. The standard InChI is InChI=1S/C17H18N2O2/c1-3-14-8-7-11-16(12-14)18-17(20)21-19-13(2)15-9-5-4-6-10-15/h4-12H,3H2,1-2H3,(H,18,20)/b19-13+. The van der Waals surface area contributed by atoms with Crippen molar-refractivity contribution in [3.63, 3.8) is 0 Å². The van der Waals surface area contributed by atoms with Gasteiger partial charge in [0.1, 0.15) is 0 Å². The minimum absolute atomic E-state index is 0.599. The molecule has 1 amide bonds. The van der Waals surface area contributed by atoms with Gasteiger partial charge in [0.2, 0.25) is 0 Å². The van der Waals surface area contributed by atoms with Crippen LogP contribution in [0.1, 0.15) is 25.0 Å². The zero-order valence-electron chi connectivity index (χ0n) is 12.2. The Labute approximate surface area is 124 Å². The van der Waals surface area contributed by atoms with Gasteiger partial charge >= 0.3 is 6.09 Å². The lowest BCUT2D eigenvalue weighted by atomic mass is 10.1. The zero-order valence-corrected chi connectivity index (χ0v) is 12.2. The van der Waals surface area contributed by atoms with E-state index in [4.69, 9.17) is 4.84 Å². The second kappa shape index (κ2) is 7.24. The normalized spacial score (nSPS) is 11.0. The first-order chi connectivity index (χ1) is 10.2. The fraction of sp³-hybridized carbons (Fsp3) is 0.176. The van der Waals surface area contributed by atoms with Crippen LogP contribution >= 0.6 is 0 Å². The first-order valence-electron chi connectivity index (χ1n) is 6.86. The van der Waals surface area contributed by atoms with Crippen LogP contribution < -0.4 is 5.32 Å². The first kappa shape index (κ1) is 14.8. The maximum Gasteiger partial charge on any atom is 0.437 e. The van der Waals surface area contributed by atoms with E-state index < -0.39 is 6.09 Å². The minimum atomic E-state index is -0.599. The number of amides is 1. The highest BCUT2D eigenvalue weighted by Crippen LogP contribution is 2.11. The Morgan fingerprint density at radius 1 is 1.14 bits per heavy atom. The number of nitrogens with one attached hydrogen (secondary N) is 1. The van der Waals surface area contributed by atoms with Crippen LogP contribution in [0.5, 0.6) is 0 Å². The number of carbonyl (C=O) groups excluding carboxylic acids is 1. The Hall–Kier alpha value is -2.62. The van der Waals surface area contributed by atoms with Crippen molar-refractivity contribution in [2.24, 2.45) is 5.16 Å². The zero-order chi connectivity index (χ0) is 15.1. The van der Waals surface area contributed by atoms with E-state index in [1.165, 1.54) is 0 Å². The molecule has 2 aromatic rings. The third-order valence-corrected chi connectivity index (χ3v) is 3.04. The number of hydrogen-bond donors (Lipinski definition) is 1. The van der Waals surface area contributed by atoms with Crippen molar-refractivity contribution in [2.75, 3.05) is 5.32 Å². The SMILES string of the molecule is CCc1cccc(NC(=O)O/N=C(\C)c2ccccc2)c1. The topological polar surface area (TPSA) is 50.7 Å². The molecular formula is C17H18N2O2. The molecular weight excluding hydrogens is 264 g/mol. The van der Waals surface area contributed by atoms with Crippen molar-refractivity contribution >= 4 is 17.5 Å². The summed E-state index contributed by atoms with van der Waals surface area (Å²) < 4.78 is 0. The number of oxime groups is 1. The number of benzene rings is 2. The number of hydrogen-bond acceptors (Lipinski definition) is 3. The summed E-state index contributed by atoms with van der Waals surface area (Å²) in [7, 11) is 0. The van der Waals surface area contributed by atoms with Crippen LogP contribution in [0.15, 0.2) is 59.8 Å². The molecule has 0 aliphatic rings. The highest BCUT2D eigenvalue weighted by Gasteiger charge is 2.04. The Bertz CT molecular complexity index is 636. The summed E-state index contributed by atoms with van der Waals surface area (Å²) in [5.41, 5.74) is 3.41. The monoisotopic (exact) mass is 282 g/mol. The van der Waals surface area contributed by atoms with Crippen molar-refractivity contribution < 1.29 is 9.63 Å². The Balaban J connectivity index is 1.95. The molecule has 1 N–H and O–H groups in total. The predicted octanol–water partition coefficient (Wildman–Crippen LogP) is 4.22. The molecule has 108 valence electrons. The van der Waals surface area contributed by atoms with E-state index in [9.17, 15) is 4.79 Å². The van der Waals surface area contributed by atoms with Gasteiger partial charge in [-0.3, -0.25) is 10.2 Å². The van der Waals surface area contributed by atoms with Gasteiger partial charge in [0, 0.05) is 5.69 Å². The fourth-order valence-corrected chi connectivity index (χ4v) is 1.85. The highest BCUT2D eigenvalue weighted by atomic mass is 16.7. The number of carbonyl (C=O) groups is 1. The molecule has 2 aromatic carbocycles. The van der Waals surface area contributed by atoms with Crippen molar-refractivity contribution in [1.82, 2.24) is 0 Å². The second-order valence-corrected chi connectivity index (χ2v) is 4.60. The lowest BCUT2D eigenvalue weighted by molar-refractivity contribution is 0.166. The molecule has 4 nitrogen and oxygen atoms in total. The molecule has 0 spiro atoms. The van der Waals surface area contributed by atoms with Gasteiger partial charge in [-0.2, -0.15) is 0 Å². The third-order valence-electron chi connectivity index (χ3n) is 3.04. The number of rotatable bonds is 4. The average molecular weight is 282 g/mol. The molecule has 0 atom stereocenters. The van der Waals surface area contributed by atoms with Gasteiger partial charge in [0.05, 0.1) is 5.71 Å². The number of aryl methyl sites for hydroxylation is 1. The highest BCUT2D eigenvalue weighted by molar-refractivity contribution is 5.98. The van der Waals surface area contributed by atoms with Crippen LogP contribution in [0.25, 0.3) is 0 Å². The molecule has 0 saturated heterocycles. The Morgan fingerprint density at radius 2 is 1.90 bits per heavy atom. The summed E-state index contributed by atoms with van der Waals surface area (Å²) in [6.45, 7) is 3.85. The molecule has 0 fully saturated rings. The maximum atomic E-state index is 11.7. The molecule has 0 aliphatic carbocycles. The van der Waals surface area contributed by atoms with Crippen molar-refractivity contribution in [3.8, 4) is 0 Å². The van der Waals surface area contributed by atoms with Crippen molar-refractivity contribution in [3.05, 3.63) is 65.7 Å². The molecule has 4 heteroatoms. The molecule has 0 aromatic heterocycles. The van der Waals surface area contributed by atoms with Crippen LogP contribution in [0.4, 0.5) is 10.5 Å². The van der Waals surface area contributed by atoms with Gasteiger partial charge < -0.3 is 0 Å². The van der Waals surface area contributed by atoms with Crippen molar-refractivity contribution in [2.45, 2.75) is 20.3 Å². The lowest BCUT2D eigenvalue weighted by Crippen LogP contribution is -2.12. The summed E-state index contributed by atoms with van der Waals surface area (Å²) >= 11 is 0. The van der Waals surface area contributed by atoms with Crippen LogP contribution in [0.3, 0.4) is 0 Å². The molecule has 21 heavy (non-hydrogen) atoms. The quantitative estimate of drug-likeness (QED) is 0.518. The van der Waals surface area contributed by atoms with Gasteiger partial charge in [0.25, 0.3) is 0 Å². The molecule has 0 radical (unpaired) electrons. The van der Waals surface area contributed by atoms with Crippen LogP contribution in [-0.2, 0) is 11.3 Å². The minimum Gasteiger partial charge on any atom is -0.298 e. The van der Waals surface area contributed by atoms with Gasteiger partial charge in [-0.05, 0) is 36.6 Å². The molecule has 0 unspecified atom stereocenters. The molecule has 2 rings (SSSR count). The molecule has 0 heterocycles. The summed E-state index contributed by atoms with van der Waals surface area (Å²) in [5, 5.41) is 6.49. The second-order valence-electron chi connectivity index (χ2n) is 4.60. The van der Waals surface area contributed by atoms with Crippen molar-refractivity contribution in [1.29, 1.82) is 0 Å². The number of nitrogens with zero attached hydrogens (tertiary/aromatic N) is 1. The lowest BCUT2D eigenvalue weighted by Gasteiger charge is -2.05. The first-order valence-corrected chi connectivity index (χ1v) is 6.86. The molecule has 0 saturated carbocycles. The number of anilines is 1. The molecule has 0 aliphatic heterocycles. The van der Waals surface area contributed by atoms with E-state index in [0.717, 1.165) is 17.5 Å². The van der Waals surface area contributed by atoms with E-state index in [0.29, 0.717) is 11.4 Å². The van der Waals surface area contributed by atoms with E-state index in [2.05, 4.69) is 17.4 Å². The third kappa shape index (κ3) is 4.45. The maximum absolute atomic E-state index is 11.7. The summed E-state index contributed by atoms with van der Waals surface area (Å²) in [5.74, 6) is 0. The van der Waals surface area contributed by atoms with Crippen LogP contribution in [-0.4, -0.2) is 11.8 Å². The van der Waals surface area contributed by atoms with Gasteiger partial charge in [0.15, 0.2) is 0 Å². The van der Waals surface area contributed by atoms with E-state index in [1.807, 2.05) is 54.6 Å². The van der Waals surface area contributed by atoms with E-state index >= 15 is 0 Å². The van der Waals surface area contributed by atoms with E-state index in [1.54, 1.807) is 6.92 Å². The predicted molar refractivity (Wildman–Crippen MR) is 84.6 cm³/mol. The Morgan fingerprint density at radius 3 is 2.62 bits per heavy atom. The average Bonchev–Trinajstić information content (AvgIpc) is 2.53. The summed E-state index contributed by atoms with van der Waals surface area (Å²) in [6.07, 6.45) is 0.314. The smallest absolute Gasteiger partial charge is 0.298 e. The molecule has 0 bridgehead atoms. The largest absolute Gasteiger partial charge is 0.437 e. The van der Waals surface area contributed by atoms with Crippen LogP contribution in [0, 0.1) is 0 Å². The van der Waals surface area contributed by atoms with Gasteiger partial charge in [-0.25, -0.2) is 4.79 Å².